The molecule has 0 unspecified atom stereocenters. The minimum Gasteiger partial charge on any atom is -0.454 e. The van der Waals surface area contributed by atoms with E-state index in [2.05, 4.69) is 234 Å². The number of fused-ring (bicyclic) bond motifs is 12. The molecule has 6 heteroatoms. The van der Waals surface area contributed by atoms with Crippen LogP contribution in [0.4, 0.5) is 0 Å². The van der Waals surface area contributed by atoms with E-state index in [1.54, 1.807) is 0 Å². The molecule has 0 aliphatic rings. The Kier molecular flexibility index (Phi) is 8.56. The monoisotopic (exact) mass is 905 g/mol. The van der Waals surface area contributed by atoms with Crippen LogP contribution in [0.25, 0.3) is 144 Å². The number of furan rings is 1. The van der Waals surface area contributed by atoms with Gasteiger partial charge in [0.25, 0.3) is 0 Å². The Morgan fingerprint density at radius 1 is 0.296 bits per heavy atom. The highest BCUT2D eigenvalue weighted by Gasteiger charge is 2.24. The van der Waals surface area contributed by atoms with Gasteiger partial charge in [0.15, 0.2) is 23.1 Å². The minimum atomic E-state index is 0.559. The molecule has 15 aromatic rings. The van der Waals surface area contributed by atoms with Gasteiger partial charge in [0, 0.05) is 54.7 Å². The van der Waals surface area contributed by atoms with Gasteiger partial charge in [0.05, 0.1) is 27.8 Å². The minimum absolute atomic E-state index is 0.559. The Bertz CT molecular complexity index is 4640. The molecule has 11 aromatic carbocycles. The lowest BCUT2D eigenvalue weighted by Gasteiger charge is -2.13. The number of para-hydroxylation sites is 3. The molecule has 0 N–H and O–H groups in total. The summed E-state index contributed by atoms with van der Waals surface area (Å²) in [6, 6.07) is 83.9. The van der Waals surface area contributed by atoms with Crippen LogP contribution in [-0.2, 0) is 0 Å². The van der Waals surface area contributed by atoms with Crippen LogP contribution in [0.1, 0.15) is 0 Å². The second kappa shape index (κ2) is 15.4. The van der Waals surface area contributed by atoms with Crippen molar-refractivity contribution >= 4 is 87.1 Å². The van der Waals surface area contributed by atoms with Gasteiger partial charge in [-0.1, -0.05) is 170 Å². The predicted molar refractivity (Wildman–Crippen MR) is 293 cm³/mol. The number of nitrogens with zero attached hydrogens (tertiary/aromatic N) is 5. The first-order valence-electron chi connectivity index (χ1n) is 24.0. The lowest BCUT2D eigenvalue weighted by molar-refractivity contribution is 0.666. The van der Waals surface area contributed by atoms with Gasteiger partial charge in [0.1, 0.15) is 5.58 Å². The summed E-state index contributed by atoms with van der Waals surface area (Å²) in [5.41, 5.74) is 12.8. The summed E-state index contributed by atoms with van der Waals surface area (Å²) in [5.74, 6) is 1.72. The Morgan fingerprint density at radius 2 is 0.901 bits per heavy atom. The highest BCUT2D eigenvalue weighted by Crippen LogP contribution is 2.44. The number of hydrogen-bond acceptors (Lipinski definition) is 4. The summed E-state index contributed by atoms with van der Waals surface area (Å²) in [5, 5.41) is 11.5. The molecule has 0 saturated carbocycles. The Morgan fingerprint density at radius 3 is 1.72 bits per heavy atom. The molecule has 0 aliphatic carbocycles. The standard InChI is InChI=1S/C65H39N5O/c1-3-16-40(17-4-1)42-21-15-22-45(34-42)63-66-64(46-30-32-51-50-26-11-13-28-55(50)69(57(51)38-46)48-23-5-2-6-24-48)68-65(67-63)47-36-53-52-27-12-14-29-60(52)71-62(53)59(39-47)70-56-33-31-41-18-9-10-25-49(41)61(56)54-35-43-19-7-8-20-44(43)37-58(54)70/h1-39H. The van der Waals surface area contributed by atoms with Crippen LogP contribution in [0.2, 0.25) is 0 Å². The zero-order valence-corrected chi connectivity index (χ0v) is 38.2. The summed E-state index contributed by atoms with van der Waals surface area (Å²) < 4.78 is 11.7. The smallest absolute Gasteiger partial charge is 0.164 e. The first-order chi connectivity index (χ1) is 35.2. The van der Waals surface area contributed by atoms with Gasteiger partial charge in [-0.25, -0.2) is 15.0 Å². The molecule has 71 heavy (non-hydrogen) atoms. The zero-order valence-electron chi connectivity index (χ0n) is 38.2. The highest BCUT2D eigenvalue weighted by molar-refractivity contribution is 6.24. The Balaban J connectivity index is 1.02. The van der Waals surface area contributed by atoms with Crippen molar-refractivity contribution in [2.75, 3.05) is 0 Å². The van der Waals surface area contributed by atoms with E-state index in [0.717, 1.165) is 94.0 Å². The molecule has 0 aliphatic heterocycles. The molecule has 15 rings (SSSR count). The summed E-state index contributed by atoms with van der Waals surface area (Å²) in [6.07, 6.45) is 0. The first kappa shape index (κ1) is 39.4. The van der Waals surface area contributed by atoms with Crippen LogP contribution in [0, 0.1) is 0 Å². The van der Waals surface area contributed by atoms with Crippen molar-refractivity contribution in [3.05, 3.63) is 237 Å². The van der Waals surface area contributed by atoms with E-state index >= 15 is 0 Å². The maximum Gasteiger partial charge on any atom is 0.164 e. The summed E-state index contributed by atoms with van der Waals surface area (Å²) in [6.45, 7) is 0. The normalized spacial score (nSPS) is 11.9. The lowest BCUT2D eigenvalue weighted by atomic mass is 10.0. The van der Waals surface area contributed by atoms with Crippen LogP contribution >= 0.6 is 0 Å². The van der Waals surface area contributed by atoms with Crippen molar-refractivity contribution in [3.63, 3.8) is 0 Å². The molecule has 0 saturated heterocycles. The van der Waals surface area contributed by atoms with Gasteiger partial charge in [0.2, 0.25) is 0 Å². The number of benzene rings is 11. The molecule has 0 bridgehead atoms. The molecule has 0 atom stereocenters. The maximum atomic E-state index is 6.95. The van der Waals surface area contributed by atoms with Crippen molar-refractivity contribution in [1.82, 2.24) is 24.1 Å². The highest BCUT2D eigenvalue weighted by atomic mass is 16.3. The number of rotatable bonds is 6. The lowest BCUT2D eigenvalue weighted by Crippen LogP contribution is -2.02. The third kappa shape index (κ3) is 6.18. The van der Waals surface area contributed by atoms with Crippen LogP contribution in [0.5, 0.6) is 0 Å². The first-order valence-corrected chi connectivity index (χ1v) is 24.0. The average molecular weight is 906 g/mol. The topological polar surface area (TPSA) is 61.7 Å². The van der Waals surface area contributed by atoms with Crippen LogP contribution in [0.15, 0.2) is 241 Å². The Hall–Kier alpha value is -9.65. The molecule has 4 heterocycles. The van der Waals surface area contributed by atoms with Gasteiger partial charge < -0.3 is 13.6 Å². The molecule has 0 spiro atoms. The van der Waals surface area contributed by atoms with Gasteiger partial charge >= 0.3 is 0 Å². The predicted octanol–water partition coefficient (Wildman–Crippen LogP) is 16.9. The van der Waals surface area contributed by atoms with Gasteiger partial charge in [-0.15, -0.1) is 0 Å². The molecule has 0 amide bonds. The van der Waals surface area contributed by atoms with Gasteiger partial charge in [-0.2, -0.15) is 0 Å². The van der Waals surface area contributed by atoms with Crippen LogP contribution in [-0.4, -0.2) is 24.1 Å². The van der Waals surface area contributed by atoms with Gasteiger partial charge in [-0.05, 0) is 99.4 Å². The molecule has 330 valence electrons. The quantitative estimate of drug-likeness (QED) is 0.167. The van der Waals surface area contributed by atoms with E-state index in [-0.39, 0.29) is 0 Å². The summed E-state index contributed by atoms with van der Waals surface area (Å²) in [4.78, 5) is 16.3. The third-order valence-electron chi connectivity index (χ3n) is 14.3. The van der Waals surface area contributed by atoms with Crippen molar-refractivity contribution < 1.29 is 4.42 Å². The van der Waals surface area contributed by atoms with E-state index in [1.807, 2.05) is 12.1 Å². The molecular formula is C65H39N5O. The Labute approximate surface area is 407 Å². The van der Waals surface area contributed by atoms with E-state index < -0.39 is 0 Å². The van der Waals surface area contributed by atoms with Crippen molar-refractivity contribution in [2.45, 2.75) is 0 Å². The largest absolute Gasteiger partial charge is 0.454 e. The molecule has 6 nitrogen and oxygen atoms in total. The van der Waals surface area contributed by atoms with Gasteiger partial charge in [-0.3, -0.25) is 0 Å². The third-order valence-corrected chi connectivity index (χ3v) is 14.3. The van der Waals surface area contributed by atoms with Crippen LogP contribution < -0.4 is 0 Å². The van der Waals surface area contributed by atoms with Crippen molar-refractivity contribution in [1.29, 1.82) is 0 Å². The second-order valence-corrected chi connectivity index (χ2v) is 18.4. The molecular weight excluding hydrogens is 867 g/mol. The maximum absolute atomic E-state index is 6.95. The van der Waals surface area contributed by atoms with E-state index in [9.17, 15) is 0 Å². The average Bonchev–Trinajstić information content (AvgIpc) is 4.10. The fourth-order valence-electron chi connectivity index (χ4n) is 11.0. The van der Waals surface area contributed by atoms with Crippen LogP contribution in [0.3, 0.4) is 0 Å². The number of hydrogen-bond donors (Lipinski definition) is 0. The van der Waals surface area contributed by atoms with E-state index in [0.29, 0.717) is 17.5 Å². The fourth-order valence-corrected chi connectivity index (χ4v) is 11.0. The zero-order chi connectivity index (χ0) is 46.6. The van der Waals surface area contributed by atoms with Crippen molar-refractivity contribution in [2.24, 2.45) is 0 Å². The molecule has 0 fully saturated rings. The second-order valence-electron chi connectivity index (χ2n) is 18.4. The molecule has 0 radical (unpaired) electrons. The fraction of sp³-hybridized carbons (Fsp3) is 0. The van der Waals surface area contributed by atoms with E-state index in [4.69, 9.17) is 19.4 Å². The molecule has 4 aromatic heterocycles. The SMILES string of the molecule is c1ccc(-c2cccc(-c3nc(-c4cc(-n5c6cc7ccccc7cc6c6c7ccccc7ccc65)c5oc6ccccc6c5c4)nc(-c4ccc5c6ccccc6n(-c6ccccc6)c5c4)n3)c2)cc1. The number of aromatic nitrogens is 5. The van der Waals surface area contributed by atoms with Crippen molar-refractivity contribution in [3.8, 4) is 56.7 Å². The summed E-state index contributed by atoms with van der Waals surface area (Å²) in [7, 11) is 0. The summed E-state index contributed by atoms with van der Waals surface area (Å²) >= 11 is 0. The van der Waals surface area contributed by atoms with E-state index in [1.165, 1.54) is 32.3 Å².